The standard InChI is InChI=1S/C27H38N4O2/c1-9-17(5)13-23(25(18(6)10-2)33-31-16(3)4)15-22-14-21(12-11-19(22)7)24-20(8)29-27(30-24)26(28)32/h11-12,14-15,17H,9-10,13H2,1-8H3,(H2,28,32)(H,29,30). The molecule has 1 unspecified atom stereocenters. The molecule has 1 amide bonds. The number of nitrogens with zero attached hydrogens (tertiary/aromatic N) is 2. The van der Waals surface area contributed by atoms with Gasteiger partial charge in [-0.2, -0.15) is 0 Å². The molecule has 1 heterocycles. The molecule has 2 rings (SSSR count). The van der Waals surface area contributed by atoms with E-state index in [0.717, 1.165) is 70.0 Å². The second-order valence-corrected chi connectivity index (χ2v) is 8.97. The first kappa shape index (κ1) is 26.1. The maximum atomic E-state index is 11.6. The summed E-state index contributed by atoms with van der Waals surface area (Å²) in [6.45, 7) is 16.5. The first-order valence-corrected chi connectivity index (χ1v) is 11.6. The number of oxime groups is 1. The second-order valence-electron chi connectivity index (χ2n) is 8.97. The molecule has 0 saturated heterocycles. The Hall–Kier alpha value is -3.15. The number of hydrogen-bond donors (Lipinski definition) is 2. The van der Waals surface area contributed by atoms with Crippen LogP contribution in [-0.2, 0) is 4.84 Å². The number of nitrogens with one attached hydrogen (secondary N) is 1. The van der Waals surface area contributed by atoms with Gasteiger partial charge in [0.2, 0.25) is 0 Å². The van der Waals surface area contributed by atoms with Crippen molar-refractivity contribution in [3.05, 3.63) is 57.7 Å². The first-order valence-electron chi connectivity index (χ1n) is 11.6. The van der Waals surface area contributed by atoms with Crippen molar-refractivity contribution >= 4 is 17.7 Å². The highest BCUT2D eigenvalue weighted by Crippen LogP contribution is 2.31. The van der Waals surface area contributed by atoms with Gasteiger partial charge in [0.15, 0.2) is 11.6 Å². The molecule has 0 saturated carbocycles. The molecule has 1 atom stereocenters. The van der Waals surface area contributed by atoms with Crippen molar-refractivity contribution in [3.8, 4) is 11.3 Å². The summed E-state index contributed by atoms with van der Waals surface area (Å²) in [5.41, 5.74) is 13.3. The zero-order chi connectivity index (χ0) is 24.7. The lowest BCUT2D eigenvalue weighted by atomic mass is 9.92. The van der Waals surface area contributed by atoms with Crippen molar-refractivity contribution in [3.63, 3.8) is 0 Å². The van der Waals surface area contributed by atoms with Gasteiger partial charge in [0, 0.05) is 11.3 Å². The number of carbonyl (C=O) groups is 1. The average Bonchev–Trinajstić information content (AvgIpc) is 3.16. The van der Waals surface area contributed by atoms with Gasteiger partial charge >= 0.3 is 0 Å². The summed E-state index contributed by atoms with van der Waals surface area (Å²) in [7, 11) is 0. The van der Waals surface area contributed by atoms with Crippen LogP contribution in [-0.4, -0.2) is 21.6 Å². The molecule has 6 heteroatoms. The normalized spacial score (nSPS) is 13.4. The van der Waals surface area contributed by atoms with Gasteiger partial charge in [0.1, 0.15) is 0 Å². The van der Waals surface area contributed by atoms with Gasteiger partial charge in [-0.05, 0) is 87.8 Å². The average molecular weight is 451 g/mol. The van der Waals surface area contributed by atoms with Gasteiger partial charge in [-0.3, -0.25) is 4.79 Å². The highest BCUT2D eigenvalue weighted by Gasteiger charge is 2.17. The Kier molecular flexibility index (Phi) is 9.21. The zero-order valence-electron chi connectivity index (χ0n) is 21.3. The van der Waals surface area contributed by atoms with Crippen LogP contribution in [0.15, 0.2) is 40.3 Å². The van der Waals surface area contributed by atoms with E-state index in [2.05, 4.69) is 68.0 Å². The van der Waals surface area contributed by atoms with Crippen molar-refractivity contribution in [2.75, 3.05) is 0 Å². The summed E-state index contributed by atoms with van der Waals surface area (Å²) in [5.74, 6) is 0.945. The van der Waals surface area contributed by atoms with Crippen molar-refractivity contribution in [2.24, 2.45) is 16.8 Å². The van der Waals surface area contributed by atoms with Crippen LogP contribution in [0.25, 0.3) is 17.3 Å². The minimum absolute atomic E-state index is 0.169. The zero-order valence-corrected chi connectivity index (χ0v) is 21.3. The number of hydrogen-bond acceptors (Lipinski definition) is 4. The van der Waals surface area contributed by atoms with E-state index >= 15 is 0 Å². The van der Waals surface area contributed by atoms with Gasteiger partial charge in [0.05, 0.1) is 11.4 Å². The van der Waals surface area contributed by atoms with Crippen LogP contribution >= 0.6 is 0 Å². The lowest BCUT2D eigenvalue weighted by Gasteiger charge is -2.17. The number of carbonyl (C=O) groups excluding carboxylic acids is 1. The van der Waals surface area contributed by atoms with Gasteiger partial charge in [-0.15, -0.1) is 0 Å². The molecule has 0 fully saturated rings. The molecule has 6 nitrogen and oxygen atoms in total. The van der Waals surface area contributed by atoms with Gasteiger partial charge in [-0.25, -0.2) is 4.98 Å². The highest BCUT2D eigenvalue weighted by molar-refractivity contribution is 5.90. The quantitative estimate of drug-likeness (QED) is 0.182. The Labute approximate surface area is 198 Å². The van der Waals surface area contributed by atoms with Crippen LogP contribution in [0, 0.1) is 19.8 Å². The summed E-state index contributed by atoms with van der Waals surface area (Å²) in [5, 5.41) is 4.27. The number of primary amides is 1. The third-order valence-corrected chi connectivity index (χ3v) is 5.79. The number of aryl methyl sites for hydroxylation is 2. The summed E-state index contributed by atoms with van der Waals surface area (Å²) < 4.78 is 0. The molecule has 0 aliphatic carbocycles. The first-order chi connectivity index (χ1) is 15.6. The maximum Gasteiger partial charge on any atom is 0.284 e. The Balaban J connectivity index is 2.64. The summed E-state index contributed by atoms with van der Waals surface area (Å²) in [4.78, 5) is 24.9. The molecular weight excluding hydrogens is 412 g/mol. The minimum Gasteiger partial charge on any atom is -0.363 e. The Morgan fingerprint density at radius 1 is 1.24 bits per heavy atom. The molecule has 0 spiro atoms. The van der Waals surface area contributed by atoms with Crippen LogP contribution < -0.4 is 5.73 Å². The van der Waals surface area contributed by atoms with E-state index in [9.17, 15) is 4.79 Å². The summed E-state index contributed by atoms with van der Waals surface area (Å²) in [6.07, 6.45) is 5.05. The number of aromatic nitrogens is 2. The van der Waals surface area contributed by atoms with Crippen LogP contribution in [0.1, 0.15) is 88.2 Å². The lowest BCUT2D eigenvalue weighted by Crippen LogP contribution is -2.12. The molecule has 1 aromatic heterocycles. The smallest absolute Gasteiger partial charge is 0.284 e. The minimum atomic E-state index is -0.568. The second kappa shape index (κ2) is 11.6. The molecule has 0 aliphatic heterocycles. The van der Waals surface area contributed by atoms with Gasteiger partial charge in [-0.1, -0.05) is 44.5 Å². The third kappa shape index (κ3) is 6.91. The van der Waals surface area contributed by atoms with E-state index in [4.69, 9.17) is 10.6 Å². The number of rotatable bonds is 10. The van der Waals surface area contributed by atoms with E-state index in [-0.39, 0.29) is 5.82 Å². The summed E-state index contributed by atoms with van der Waals surface area (Å²) >= 11 is 0. The van der Waals surface area contributed by atoms with Gasteiger partial charge in [0.25, 0.3) is 5.91 Å². The van der Waals surface area contributed by atoms with Crippen LogP contribution in [0.5, 0.6) is 0 Å². The van der Waals surface area contributed by atoms with Crippen LogP contribution in [0.3, 0.4) is 0 Å². The SMILES string of the molecule is CCC(C)=C(ON=C(C)C)C(=Cc1cc(-c2nc(C(N)=O)[nH]c2C)ccc1C)CC(C)CC. The predicted octanol–water partition coefficient (Wildman–Crippen LogP) is 6.71. The number of allylic oxidation sites excluding steroid dienone is 2. The third-order valence-electron chi connectivity index (χ3n) is 5.79. The Bertz CT molecular complexity index is 1090. The number of H-pyrrole nitrogens is 1. The van der Waals surface area contributed by atoms with Crippen molar-refractivity contribution in [1.29, 1.82) is 0 Å². The van der Waals surface area contributed by atoms with Crippen LogP contribution in [0.4, 0.5) is 0 Å². The number of aromatic amines is 1. The van der Waals surface area contributed by atoms with E-state index in [1.165, 1.54) is 0 Å². The maximum absolute atomic E-state index is 11.6. The molecule has 1 aromatic carbocycles. The highest BCUT2D eigenvalue weighted by atomic mass is 16.6. The molecular formula is C27H38N4O2. The molecule has 0 bridgehead atoms. The number of nitrogens with two attached hydrogens (primary N) is 1. The van der Waals surface area contributed by atoms with Crippen LogP contribution in [0.2, 0.25) is 0 Å². The summed E-state index contributed by atoms with van der Waals surface area (Å²) in [6, 6.07) is 6.20. The molecule has 178 valence electrons. The Morgan fingerprint density at radius 3 is 2.48 bits per heavy atom. The molecule has 0 aliphatic rings. The fraction of sp³-hybridized carbons (Fsp3) is 0.444. The van der Waals surface area contributed by atoms with Crippen molar-refractivity contribution in [1.82, 2.24) is 9.97 Å². The van der Waals surface area contributed by atoms with E-state index in [1.807, 2.05) is 26.8 Å². The number of amides is 1. The van der Waals surface area contributed by atoms with Crippen molar-refractivity contribution in [2.45, 2.75) is 74.7 Å². The predicted molar refractivity (Wildman–Crippen MR) is 137 cm³/mol. The number of imidazole rings is 1. The van der Waals surface area contributed by atoms with E-state index in [1.54, 1.807) is 0 Å². The Morgan fingerprint density at radius 2 is 1.94 bits per heavy atom. The van der Waals surface area contributed by atoms with Crippen molar-refractivity contribution < 1.29 is 9.63 Å². The largest absolute Gasteiger partial charge is 0.363 e. The molecule has 3 N–H and O–H groups in total. The fourth-order valence-corrected chi connectivity index (χ4v) is 3.43. The number of benzene rings is 1. The van der Waals surface area contributed by atoms with Gasteiger partial charge < -0.3 is 15.6 Å². The topological polar surface area (TPSA) is 93.4 Å². The lowest BCUT2D eigenvalue weighted by molar-refractivity contribution is 0.0991. The molecule has 0 radical (unpaired) electrons. The van der Waals surface area contributed by atoms with E-state index < -0.39 is 5.91 Å². The monoisotopic (exact) mass is 450 g/mol. The molecule has 2 aromatic rings. The molecule has 33 heavy (non-hydrogen) atoms. The fourth-order valence-electron chi connectivity index (χ4n) is 3.43. The van der Waals surface area contributed by atoms with E-state index in [0.29, 0.717) is 5.92 Å².